The van der Waals surface area contributed by atoms with Crippen molar-refractivity contribution < 1.29 is 17.5 Å². The Bertz CT molecular complexity index is 286. The van der Waals surface area contributed by atoms with E-state index in [0.717, 1.165) is 6.42 Å². The van der Waals surface area contributed by atoms with Crippen LogP contribution in [-0.2, 0) is 10.1 Å². The van der Waals surface area contributed by atoms with Crippen LogP contribution in [0.3, 0.4) is 0 Å². The third-order valence-corrected chi connectivity index (χ3v) is 4.35. The first-order valence-corrected chi connectivity index (χ1v) is 10.2. The van der Waals surface area contributed by atoms with Crippen LogP contribution >= 0.6 is 0 Å². The average Bonchev–Trinajstić information content (AvgIpc) is 2.37. The predicted octanol–water partition coefficient (Wildman–Crippen LogP) is 4.12. The average molecular weight is 325 g/mol. The molecule has 0 aliphatic rings. The molecule has 0 radical (unpaired) electrons. The van der Waals surface area contributed by atoms with E-state index in [-0.39, 0.29) is 5.75 Å². The first-order chi connectivity index (χ1) is 9.80. The lowest BCUT2D eigenvalue weighted by atomic mass is 10.2. The molecule has 0 fully saturated rings. The Kier molecular flexibility index (Phi) is 14.9. The van der Waals surface area contributed by atoms with Crippen molar-refractivity contribution in [2.75, 3.05) is 31.9 Å². The number of hydrogen-bond acceptors (Lipinski definition) is 2. The van der Waals surface area contributed by atoms with Crippen molar-refractivity contribution in [3.63, 3.8) is 0 Å². The van der Waals surface area contributed by atoms with Crippen molar-refractivity contribution in [2.24, 2.45) is 0 Å². The molecule has 0 heterocycles. The van der Waals surface area contributed by atoms with Gasteiger partial charge in [-0.05, 0) is 32.1 Å². The first kappa shape index (κ1) is 23.1. The van der Waals surface area contributed by atoms with E-state index in [4.69, 9.17) is 4.55 Å². The zero-order valence-electron chi connectivity index (χ0n) is 14.9. The van der Waals surface area contributed by atoms with Gasteiger partial charge < -0.3 is 4.48 Å². The van der Waals surface area contributed by atoms with Crippen LogP contribution in [0, 0.1) is 0 Å². The van der Waals surface area contributed by atoms with Gasteiger partial charge in [-0.15, -0.1) is 0 Å². The molecule has 0 atom stereocenters. The molecular formula is C16H38NO3S+. The molecule has 0 aromatic heterocycles. The van der Waals surface area contributed by atoms with Gasteiger partial charge in [0.1, 0.15) is 0 Å². The largest absolute Gasteiger partial charge is 0.324 e. The van der Waals surface area contributed by atoms with Gasteiger partial charge >= 0.3 is 0 Å². The number of nitrogens with zero attached hydrogens (tertiary/aromatic N) is 1. The highest BCUT2D eigenvalue weighted by atomic mass is 32.2. The first-order valence-electron chi connectivity index (χ1n) is 8.61. The fraction of sp³-hybridized carbons (Fsp3) is 1.00. The van der Waals surface area contributed by atoms with E-state index in [1.165, 1.54) is 56.3 Å². The van der Waals surface area contributed by atoms with Gasteiger partial charge in [-0.1, -0.05) is 41.0 Å². The van der Waals surface area contributed by atoms with Crippen LogP contribution in [0.1, 0.15) is 73.1 Å². The van der Waals surface area contributed by atoms with E-state index in [2.05, 4.69) is 27.7 Å². The predicted molar refractivity (Wildman–Crippen MR) is 92.2 cm³/mol. The Morgan fingerprint density at radius 2 is 1.05 bits per heavy atom. The zero-order valence-corrected chi connectivity index (χ0v) is 15.7. The number of hydrogen-bond donors (Lipinski definition) is 1. The summed E-state index contributed by atoms with van der Waals surface area (Å²) in [4.78, 5) is 0. The Morgan fingerprint density at radius 3 is 1.19 bits per heavy atom. The highest BCUT2D eigenvalue weighted by Crippen LogP contribution is 2.12. The highest BCUT2D eigenvalue weighted by Gasteiger charge is 2.22. The summed E-state index contributed by atoms with van der Waals surface area (Å²) >= 11 is 0. The molecule has 4 nitrogen and oxygen atoms in total. The van der Waals surface area contributed by atoms with Crippen molar-refractivity contribution in [3.05, 3.63) is 0 Å². The van der Waals surface area contributed by atoms with Crippen LogP contribution in [0.5, 0.6) is 0 Å². The quantitative estimate of drug-likeness (QED) is 0.459. The van der Waals surface area contributed by atoms with Crippen LogP contribution in [0.2, 0.25) is 0 Å². The second kappa shape index (κ2) is 13.5. The summed E-state index contributed by atoms with van der Waals surface area (Å²) in [5.41, 5.74) is 0. The monoisotopic (exact) mass is 324 g/mol. The molecular weight excluding hydrogens is 286 g/mol. The van der Waals surface area contributed by atoms with Crippen LogP contribution in [0.25, 0.3) is 0 Å². The third-order valence-electron chi connectivity index (χ3n) is 3.55. The summed E-state index contributed by atoms with van der Waals surface area (Å²) in [5, 5.41) is 0. The fourth-order valence-corrected chi connectivity index (χ4v) is 3.55. The third kappa shape index (κ3) is 14.6. The van der Waals surface area contributed by atoms with Crippen molar-refractivity contribution >= 4 is 10.1 Å². The molecule has 0 bridgehead atoms. The number of rotatable bonds is 11. The maximum absolute atomic E-state index is 9.95. The minimum atomic E-state index is -3.69. The summed E-state index contributed by atoms with van der Waals surface area (Å²) in [7, 11) is -3.69. The van der Waals surface area contributed by atoms with Gasteiger partial charge in [0.05, 0.1) is 31.9 Å². The molecule has 21 heavy (non-hydrogen) atoms. The zero-order chi connectivity index (χ0) is 16.8. The molecule has 0 saturated carbocycles. The Balaban J connectivity index is 0. The Morgan fingerprint density at radius 1 is 0.714 bits per heavy atom. The maximum atomic E-state index is 9.95. The molecule has 0 aromatic rings. The molecule has 0 saturated heterocycles. The number of quaternary nitrogens is 1. The highest BCUT2D eigenvalue weighted by molar-refractivity contribution is 7.85. The second-order valence-electron chi connectivity index (χ2n) is 5.88. The van der Waals surface area contributed by atoms with Gasteiger partial charge in [-0.3, -0.25) is 4.55 Å². The maximum Gasteiger partial charge on any atom is 0.264 e. The van der Waals surface area contributed by atoms with Gasteiger partial charge in [-0.25, -0.2) is 0 Å². The summed E-state index contributed by atoms with van der Waals surface area (Å²) in [5.74, 6) is -0.108. The fourth-order valence-electron chi connectivity index (χ4n) is 2.89. The van der Waals surface area contributed by atoms with Crippen molar-refractivity contribution in [1.82, 2.24) is 0 Å². The molecule has 0 spiro atoms. The topological polar surface area (TPSA) is 54.4 Å². The van der Waals surface area contributed by atoms with Gasteiger partial charge in [0, 0.05) is 0 Å². The smallest absolute Gasteiger partial charge is 0.264 e. The SMILES string of the molecule is CCCCS(=O)(=O)O.CCC[N+](CCC)(CCC)CCC. The van der Waals surface area contributed by atoms with Crippen LogP contribution < -0.4 is 0 Å². The molecule has 130 valence electrons. The van der Waals surface area contributed by atoms with Gasteiger partial charge in [-0.2, -0.15) is 8.42 Å². The van der Waals surface area contributed by atoms with E-state index in [9.17, 15) is 8.42 Å². The lowest BCUT2D eigenvalue weighted by Crippen LogP contribution is -2.50. The van der Waals surface area contributed by atoms with E-state index in [1.807, 2.05) is 6.92 Å². The lowest BCUT2D eigenvalue weighted by Gasteiger charge is -2.38. The van der Waals surface area contributed by atoms with E-state index >= 15 is 0 Å². The van der Waals surface area contributed by atoms with Gasteiger partial charge in [0.15, 0.2) is 0 Å². The molecule has 0 aliphatic heterocycles. The molecule has 0 rings (SSSR count). The van der Waals surface area contributed by atoms with Gasteiger partial charge in [0.2, 0.25) is 0 Å². The van der Waals surface area contributed by atoms with Crippen LogP contribution in [0.4, 0.5) is 0 Å². The van der Waals surface area contributed by atoms with Crippen LogP contribution in [-0.4, -0.2) is 49.4 Å². The Hall–Kier alpha value is -0.130. The van der Waals surface area contributed by atoms with Gasteiger partial charge in [0.25, 0.3) is 10.1 Å². The Labute approximate surface area is 133 Å². The summed E-state index contributed by atoms with van der Waals surface area (Å²) in [6.07, 6.45) is 6.67. The van der Waals surface area contributed by atoms with E-state index < -0.39 is 10.1 Å². The molecule has 0 amide bonds. The van der Waals surface area contributed by atoms with E-state index in [0.29, 0.717) is 6.42 Å². The lowest BCUT2D eigenvalue weighted by molar-refractivity contribution is -0.928. The van der Waals surface area contributed by atoms with Crippen molar-refractivity contribution in [1.29, 1.82) is 0 Å². The molecule has 1 N–H and O–H groups in total. The molecule has 0 aliphatic carbocycles. The van der Waals surface area contributed by atoms with Crippen molar-refractivity contribution in [3.8, 4) is 0 Å². The molecule has 5 heteroatoms. The van der Waals surface area contributed by atoms with Crippen LogP contribution in [0.15, 0.2) is 0 Å². The van der Waals surface area contributed by atoms with E-state index in [1.54, 1.807) is 0 Å². The second-order valence-corrected chi connectivity index (χ2v) is 7.45. The molecule has 0 unspecified atom stereocenters. The summed E-state index contributed by atoms with van der Waals surface area (Å²) in [6, 6.07) is 0. The molecule has 0 aromatic carbocycles. The standard InChI is InChI=1S/C12H28N.C4H10O3S/c1-5-9-13(10-6-2,11-7-3)12-8-4;1-2-3-4-8(5,6)7/h5-12H2,1-4H3;2-4H2,1H3,(H,5,6,7)/q+1;. The summed E-state index contributed by atoms with van der Waals surface area (Å²) in [6.45, 7) is 16.7. The number of unbranched alkanes of at least 4 members (excludes halogenated alkanes) is 1. The normalized spacial score (nSPS) is 11.9. The minimum absolute atomic E-state index is 0.108. The van der Waals surface area contributed by atoms with Crippen molar-refractivity contribution in [2.45, 2.75) is 73.1 Å². The summed E-state index contributed by atoms with van der Waals surface area (Å²) < 4.78 is 29.4. The minimum Gasteiger partial charge on any atom is -0.324 e.